The van der Waals surface area contributed by atoms with Crippen LogP contribution in [0.3, 0.4) is 0 Å². The van der Waals surface area contributed by atoms with Gasteiger partial charge in [0.1, 0.15) is 0 Å². The van der Waals surface area contributed by atoms with Gasteiger partial charge in [-0.1, -0.05) is 113 Å². The first-order valence-electron chi connectivity index (χ1n) is 2.98. The van der Waals surface area contributed by atoms with E-state index in [1.807, 2.05) is 0 Å². The van der Waals surface area contributed by atoms with Crippen molar-refractivity contribution >= 4 is 125 Å². The highest BCUT2D eigenvalue weighted by molar-refractivity contribution is 9.11. The maximum Gasteiger partial charge on any atom is 0.266 e. The largest absolute Gasteiger partial charge is 0.266 e. The number of halogens is 10. The molecule has 0 nitrogen and oxygen atoms in total. The molecular formula is C5H6Br2Cl8. The van der Waals surface area contributed by atoms with Crippen LogP contribution in [0.25, 0.3) is 0 Å². The van der Waals surface area contributed by atoms with Gasteiger partial charge in [-0.15, -0.1) is 11.6 Å². The minimum Gasteiger partial charge on any atom is -0.122 e. The number of hydrogen-bond donors (Lipinski definition) is 0. The third-order valence-corrected chi connectivity index (χ3v) is 3.29. The van der Waals surface area contributed by atoms with Crippen molar-refractivity contribution in [3.05, 3.63) is 0 Å². The van der Waals surface area contributed by atoms with E-state index in [4.69, 9.17) is 92.8 Å². The van der Waals surface area contributed by atoms with Crippen molar-refractivity contribution < 1.29 is 0 Å². The van der Waals surface area contributed by atoms with Crippen molar-refractivity contribution in [3.8, 4) is 0 Å². The zero-order valence-electron chi connectivity index (χ0n) is 6.90. The molecule has 0 atom stereocenters. The second-order valence-corrected chi connectivity index (χ2v) is 9.35. The molecule has 0 aliphatic carbocycles. The van der Waals surface area contributed by atoms with Gasteiger partial charge < -0.3 is 0 Å². The lowest BCUT2D eigenvalue weighted by molar-refractivity contribution is 1.28. The summed E-state index contributed by atoms with van der Waals surface area (Å²) >= 11 is 46.1. The standard InChI is InChI=1S/C2H4Br2.C2H2Cl4.CCl4/c3-1-2-4;3-1-2(4,5)6;2-1(3,4)5/h1-2H2;1H2;. The molecule has 0 fully saturated rings. The summed E-state index contributed by atoms with van der Waals surface area (Å²) in [6.07, 6.45) is 0. The van der Waals surface area contributed by atoms with Gasteiger partial charge in [0.05, 0.1) is 5.88 Å². The maximum atomic E-state index is 5.12. The highest BCUT2D eigenvalue weighted by Gasteiger charge is 2.16. The molecule has 0 rings (SSSR count). The third kappa shape index (κ3) is 76.1. The van der Waals surface area contributed by atoms with Gasteiger partial charge in [0.2, 0.25) is 3.79 Å². The highest BCUT2D eigenvalue weighted by atomic mass is 79.9. The zero-order valence-corrected chi connectivity index (χ0v) is 16.1. The van der Waals surface area contributed by atoms with Crippen LogP contribution in [0.1, 0.15) is 0 Å². The molecule has 96 valence electrons. The summed E-state index contributed by atoms with van der Waals surface area (Å²) in [5, 5.41) is 2.10. The molecule has 0 bridgehead atoms. The van der Waals surface area contributed by atoms with Crippen molar-refractivity contribution in [2.24, 2.45) is 0 Å². The molecule has 0 heterocycles. The number of rotatable bonds is 1. The van der Waals surface area contributed by atoms with Crippen LogP contribution >= 0.6 is 125 Å². The molecule has 0 aromatic heterocycles. The quantitative estimate of drug-likeness (QED) is 0.337. The fourth-order valence-electron chi connectivity index (χ4n) is 0. The first-order chi connectivity index (χ1) is 6.47. The van der Waals surface area contributed by atoms with Gasteiger partial charge in [0.25, 0.3) is 3.25 Å². The predicted molar refractivity (Wildman–Crippen MR) is 84.7 cm³/mol. The van der Waals surface area contributed by atoms with Gasteiger partial charge in [-0.2, -0.15) is 0 Å². The van der Waals surface area contributed by atoms with Crippen molar-refractivity contribution in [3.63, 3.8) is 0 Å². The Morgan fingerprint density at radius 1 is 0.733 bits per heavy atom. The van der Waals surface area contributed by atoms with E-state index in [1.165, 1.54) is 0 Å². The lowest BCUT2D eigenvalue weighted by atomic mass is 10.9. The second-order valence-electron chi connectivity index (χ2n) is 1.56. The molecule has 0 amide bonds. The van der Waals surface area contributed by atoms with Crippen LogP contribution in [-0.4, -0.2) is 23.6 Å². The van der Waals surface area contributed by atoms with Crippen molar-refractivity contribution in [1.29, 1.82) is 0 Å². The normalized spacial score (nSPS) is 10.8. The van der Waals surface area contributed by atoms with E-state index in [-0.39, 0.29) is 5.88 Å². The van der Waals surface area contributed by atoms with E-state index >= 15 is 0 Å². The summed E-state index contributed by atoms with van der Waals surface area (Å²) in [4.78, 5) is 0. The van der Waals surface area contributed by atoms with Crippen molar-refractivity contribution in [2.75, 3.05) is 16.5 Å². The fourth-order valence-corrected chi connectivity index (χ4v) is 0. The molecule has 0 N–H and O–H groups in total. The summed E-state index contributed by atoms with van der Waals surface area (Å²) in [5.41, 5.74) is 0. The number of alkyl halides is 10. The zero-order chi connectivity index (χ0) is 13.1. The van der Waals surface area contributed by atoms with E-state index in [0.29, 0.717) is 0 Å². The summed E-state index contributed by atoms with van der Waals surface area (Å²) in [7, 11) is 0. The van der Waals surface area contributed by atoms with Gasteiger partial charge in [-0.05, 0) is 0 Å². The Bertz CT molecular complexity index is 111. The Morgan fingerprint density at radius 2 is 0.867 bits per heavy atom. The topological polar surface area (TPSA) is 0 Å². The fraction of sp³-hybridized carbons (Fsp3) is 1.00. The molecule has 15 heavy (non-hydrogen) atoms. The molecule has 0 unspecified atom stereocenters. The maximum absolute atomic E-state index is 5.12. The molecule has 0 aromatic carbocycles. The van der Waals surface area contributed by atoms with Gasteiger partial charge in [0.15, 0.2) is 0 Å². The molecular weight excluding hydrogens is 503 g/mol. The SMILES string of the molecule is BrCCBr.ClC(Cl)(Cl)Cl.ClCC(Cl)(Cl)Cl. The summed E-state index contributed by atoms with van der Waals surface area (Å²) in [6, 6.07) is 0. The van der Waals surface area contributed by atoms with Crippen LogP contribution in [0.15, 0.2) is 0 Å². The van der Waals surface area contributed by atoms with Crippen molar-refractivity contribution in [2.45, 2.75) is 7.04 Å². The van der Waals surface area contributed by atoms with Crippen LogP contribution in [0.4, 0.5) is 0 Å². The monoisotopic (exact) mass is 504 g/mol. The average Bonchev–Trinajstić information content (AvgIpc) is 2.01. The van der Waals surface area contributed by atoms with E-state index < -0.39 is 7.04 Å². The van der Waals surface area contributed by atoms with E-state index in [1.54, 1.807) is 0 Å². The summed E-state index contributed by atoms with van der Waals surface area (Å²) < 4.78 is -2.89. The highest BCUT2D eigenvalue weighted by Crippen LogP contribution is 2.29. The lowest BCUT2D eigenvalue weighted by Crippen LogP contribution is -2.01. The average molecular weight is 510 g/mol. The van der Waals surface area contributed by atoms with Gasteiger partial charge in [-0.25, -0.2) is 0 Å². The Kier molecular flexibility index (Phi) is 21.4. The van der Waals surface area contributed by atoms with E-state index in [2.05, 4.69) is 31.9 Å². The molecule has 0 saturated heterocycles. The van der Waals surface area contributed by atoms with Crippen LogP contribution < -0.4 is 0 Å². The molecule has 0 aromatic rings. The first-order valence-corrected chi connectivity index (χ1v) is 8.40. The van der Waals surface area contributed by atoms with Gasteiger partial charge in [0, 0.05) is 10.7 Å². The molecule has 10 heteroatoms. The Morgan fingerprint density at radius 3 is 0.867 bits per heavy atom. The Labute approximate surface area is 146 Å². The minimum atomic E-state index is -1.61. The summed E-state index contributed by atoms with van der Waals surface area (Å²) in [6.45, 7) is 0. The predicted octanol–water partition coefficient (Wildman–Crippen LogP) is 6.92. The first kappa shape index (κ1) is 23.4. The van der Waals surface area contributed by atoms with Crippen molar-refractivity contribution in [1.82, 2.24) is 0 Å². The lowest BCUT2D eigenvalue weighted by Gasteiger charge is -2.00. The molecule has 0 radical (unpaired) electrons. The van der Waals surface area contributed by atoms with Crippen LogP contribution in [0, 0.1) is 0 Å². The molecule has 0 spiro atoms. The van der Waals surface area contributed by atoms with Gasteiger partial charge >= 0.3 is 0 Å². The molecule has 0 saturated carbocycles. The smallest absolute Gasteiger partial charge is 0.122 e. The van der Waals surface area contributed by atoms with Gasteiger partial charge in [-0.3, -0.25) is 0 Å². The minimum absolute atomic E-state index is 0.0394. The van der Waals surface area contributed by atoms with Crippen LogP contribution in [0.5, 0.6) is 0 Å². The van der Waals surface area contributed by atoms with E-state index in [0.717, 1.165) is 10.7 Å². The Hall–Kier alpha value is 3.28. The number of hydrogen-bond acceptors (Lipinski definition) is 0. The second kappa shape index (κ2) is 13.7. The van der Waals surface area contributed by atoms with Crippen LogP contribution in [-0.2, 0) is 0 Å². The third-order valence-electron chi connectivity index (χ3n) is 0.223. The molecule has 0 aliphatic heterocycles. The summed E-state index contributed by atoms with van der Waals surface area (Å²) in [5.74, 6) is 0.0394. The van der Waals surface area contributed by atoms with E-state index in [9.17, 15) is 0 Å². The molecule has 0 aliphatic rings. The van der Waals surface area contributed by atoms with Crippen LogP contribution in [0.2, 0.25) is 0 Å². The Balaban J connectivity index is -0.000000147.